The van der Waals surface area contributed by atoms with Crippen LogP contribution in [0.1, 0.15) is 79.1 Å². The number of aliphatic imine (C=N–C) groups is 2. The van der Waals surface area contributed by atoms with E-state index in [9.17, 15) is 9.59 Å². The standard InChI is InChI=1S/C18H28N2O4/c1-17(2)15(21)23-13(19-17)11-9-7-5-6-8-10-12-14-20-18(3,4)16(22)24-14/h5-12H2,1-4H3. The van der Waals surface area contributed by atoms with E-state index in [1.807, 2.05) is 0 Å². The third-order valence-electron chi connectivity index (χ3n) is 4.26. The van der Waals surface area contributed by atoms with Gasteiger partial charge in [-0.3, -0.25) is 0 Å². The lowest BCUT2D eigenvalue weighted by atomic mass is 10.1. The molecule has 0 fully saturated rings. The summed E-state index contributed by atoms with van der Waals surface area (Å²) in [6.07, 6.45) is 7.92. The smallest absolute Gasteiger partial charge is 0.340 e. The van der Waals surface area contributed by atoms with Gasteiger partial charge in [-0.15, -0.1) is 0 Å². The highest BCUT2D eigenvalue weighted by molar-refractivity contribution is 5.99. The van der Waals surface area contributed by atoms with Crippen LogP contribution in [0.4, 0.5) is 0 Å². The third-order valence-corrected chi connectivity index (χ3v) is 4.26. The molecule has 2 rings (SSSR count). The predicted octanol–water partition coefficient (Wildman–Crippen LogP) is 3.58. The van der Waals surface area contributed by atoms with Crippen molar-refractivity contribution in [3.05, 3.63) is 0 Å². The van der Waals surface area contributed by atoms with Crippen molar-refractivity contribution in [1.82, 2.24) is 0 Å². The first kappa shape index (κ1) is 18.6. The van der Waals surface area contributed by atoms with Crippen molar-refractivity contribution in [2.24, 2.45) is 9.98 Å². The third kappa shape index (κ3) is 4.89. The number of cyclic esters (lactones) is 2. The molecule has 134 valence electrons. The summed E-state index contributed by atoms with van der Waals surface area (Å²) in [5, 5.41) is 0. The number of hydrogen-bond donors (Lipinski definition) is 0. The summed E-state index contributed by atoms with van der Waals surface area (Å²) in [6, 6.07) is 0. The van der Waals surface area contributed by atoms with E-state index in [0.29, 0.717) is 11.8 Å². The first-order valence-corrected chi connectivity index (χ1v) is 8.83. The Balaban J connectivity index is 1.50. The second-order valence-electron chi connectivity index (χ2n) is 7.53. The molecule has 24 heavy (non-hydrogen) atoms. The molecule has 0 bridgehead atoms. The van der Waals surface area contributed by atoms with E-state index in [4.69, 9.17) is 9.47 Å². The molecule has 0 radical (unpaired) electrons. The number of esters is 2. The maximum absolute atomic E-state index is 11.5. The number of hydrogen-bond acceptors (Lipinski definition) is 6. The Hall–Kier alpha value is -1.72. The zero-order valence-corrected chi connectivity index (χ0v) is 15.2. The van der Waals surface area contributed by atoms with Crippen molar-refractivity contribution in [2.75, 3.05) is 0 Å². The summed E-state index contributed by atoms with van der Waals surface area (Å²) in [5.41, 5.74) is -1.42. The van der Waals surface area contributed by atoms with Crippen molar-refractivity contribution in [2.45, 2.75) is 90.1 Å². The molecule has 6 heteroatoms. The maximum Gasteiger partial charge on any atom is 0.340 e. The fourth-order valence-corrected chi connectivity index (χ4v) is 2.70. The average molecular weight is 336 g/mol. The number of rotatable bonds is 9. The normalized spacial score (nSPS) is 21.3. The number of nitrogens with zero attached hydrogens (tertiary/aromatic N) is 2. The van der Waals surface area contributed by atoms with Crippen molar-refractivity contribution < 1.29 is 19.1 Å². The molecule has 0 spiro atoms. The van der Waals surface area contributed by atoms with Gasteiger partial charge in [0.15, 0.2) is 22.9 Å². The monoisotopic (exact) mass is 336 g/mol. The minimum Gasteiger partial charge on any atom is -0.410 e. The molecule has 0 N–H and O–H groups in total. The van der Waals surface area contributed by atoms with Gasteiger partial charge in [0, 0.05) is 12.8 Å². The molecular formula is C18H28N2O4. The quantitative estimate of drug-likeness (QED) is 0.476. The lowest BCUT2D eigenvalue weighted by Gasteiger charge is -2.05. The molecule has 0 saturated heterocycles. The molecule has 6 nitrogen and oxygen atoms in total. The van der Waals surface area contributed by atoms with Crippen LogP contribution in [0, 0.1) is 0 Å². The molecule has 0 aromatic heterocycles. The Morgan fingerprint density at radius 2 is 1.00 bits per heavy atom. The molecule has 0 aliphatic carbocycles. The minimum absolute atomic E-state index is 0.254. The Labute approximate surface area is 143 Å². The van der Waals surface area contributed by atoms with Crippen LogP contribution in [0.3, 0.4) is 0 Å². The molecule has 2 heterocycles. The number of unbranched alkanes of at least 4 members (excludes halogenated alkanes) is 5. The summed E-state index contributed by atoms with van der Waals surface area (Å²) in [4.78, 5) is 31.6. The minimum atomic E-state index is -0.712. The number of carbonyl (C=O) groups excluding carboxylic acids is 2. The van der Waals surface area contributed by atoms with E-state index in [1.165, 1.54) is 0 Å². The summed E-state index contributed by atoms with van der Waals surface area (Å²) in [5.74, 6) is 0.648. The molecule has 0 unspecified atom stereocenters. The zero-order chi connectivity index (χ0) is 17.8. The van der Waals surface area contributed by atoms with Crippen molar-refractivity contribution >= 4 is 23.7 Å². The van der Waals surface area contributed by atoms with Crippen LogP contribution in [0.2, 0.25) is 0 Å². The Bertz CT molecular complexity index is 511. The Kier molecular flexibility index (Phi) is 5.78. The predicted molar refractivity (Wildman–Crippen MR) is 92.1 cm³/mol. The highest BCUT2D eigenvalue weighted by Gasteiger charge is 2.37. The molecule has 0 atom stereocenters. The van der Waals surface area contributed by atoms with Gasteiger partial charge in [-0.25, -0.2) is 19.6 Å². The van der Waals surface area contributed by atoms with Crippen LogP contribution in [0.15, 0.2) is 9.98 Å². The maximum atomic E-state index is 11.5. The van der Waals surface area contributed by atoms with E-state index >= 15 is 0 Å². The number of ether oxygens (including phenoxy) is 2. The Morgan fingerprint density at radius 1 is 0.667 bits per heavy atom. The molecule has 2 aliphatic rings. The van der Waals surface area contributed by atoms with Gasteiger partial charge in [-0.2, -0.15) is 0 Å². The highest BCUT2D eigenvalue weighted by atomic mass is 16.6. The first-order valence-electron chi connectivity index (χ1n) is 8.83. The van der Waals surface area contributed by atoms with Crippen LogP contribution in [-0.2, 0) is 19.1 Å². The largest absolute Gasteiger partial charge is 0.410 e. The second-order valence-corrected chi connectivity index (χ2v) is 7.53. The zero-order valence-electron chi connectivity index (χ0n) is 15.2. The van der Waals surface area contributed by atoms with Gasteiger partial charge in [0.25, 0.3) is 0 Å². The van der Waals surface area contributed by atoms with Crippen LogP contribution < -0.4 is 0 Å². The van der Waals surface area contributed by atoms with Crippen molar-refractivity contribution in [3.63, 3.8) is 0 Å². The number of carbonyl (C=O) groups is 2. The van der Waals surface area contributed by atoms with Gasteiger partial charge in [0.2, 0.25) is 0 Å². The summed E-state index contributed by atoms with van der Waals surface area (Å²) in [6.45, 7) is 7.09. The molecule has 0 aromatic rings. The lowest BCUT2D eigenvalue weighted by Crippen LogP contribution is -2.25. The van der Waals surface area contributed by atoms with Crippen LogP contribution >= 0.6 is 0 Å². The fourth-order valence-electron chi connectivity index (χ4n) is 2.70. The second kappa shape index (κ2) is 7.45. The van der Waals surface area contributed by atoms with Gasteiger partial charge in [-0.1, -0.05) is 25.7 Å². The van der Waals surface area contributed by atoms with Gasteiger partial charge >= 0.3 is 11.9 Å². The molecule has 0 aromatic carbocycles. The fraction of sp³-hybridized carbons (Fsp3) is 0.778. The van der Waals surface area contributed by atoms with E-state index in [-0.39, 0.29) is 11.9 Å². The molecule has 0 saturated carbocycles. The van der Waals surface area contributed by atoms with Crippen molar-refractivity contribution in [1.29, 1.82) is 0 Å². The summed E-state index contributed by atoms with van der Waals surface area (Å²) in [7, 11) is 0. The highest BCUT2D eigenvalue weighted by Crippen LogP contribution is 2.22. The Morgan fingerprint density at radius 3 is 1.29 bits per heavy atom. The lowest BCUT2D eigenvalue weighted by molar-refractivity contribution is -0.138. The molecule has 0 amide bonds. The van der Waals surface area contributed by atoms with Crippen LogP contribution in [-0.4, -0.2) is 34.8 Å². The van der Waals surface area contributed by atoms with E-state index < -0.39 is 11.1 Å². The summed E-state index contributed by atoms with van der Waals surface area (Å²) < 4.78 is 10.3. The molecule has 2 aliphatic heterocycles. The SMILES string of the molecule is CC1(C)N=C(CCCCCCCCC2=NC(C)(C)C(=O)O2)OC1=O. The van der Waals surface area contributed by atoms with E-state index in [1.54, 1.807) is 27.7 Å². The van der Waals surface area contributed by atoms with Crippen LogP contribution in [0.5, 0.6) is 0 Å². The average Bonchev–Trinajstić information content (AvgIpc) is 2.88. The topological polar surface area (TPSA) is 77.3 Å². The first-order chi connectivity index (χ1) is 11.2. The van der Waals surface area contributed by atoms with E-state index in [0.717, 1.165) is 51.4 Å². The summed E-state index contributed by atoms with van der Waals surface area (Å²) >= 11 is 0. The van der Waals surface area contributed by atoms with E-state index in [2.05, 4.69) is 9.98 Å². The van der Waals surface area contributed by atoms with Crippen LogP contribution in [0.25, 0.3) is 0 Å². The molecular weight excluding hydrogens is 308 g/mol. The van der Waals surface area contributed by atoms with Gasteiger partial charge in [-0.05, 0) is 40.5 Å². The van der Waals surface area contributed by atoms with Gasteiger partial charge < -0.3 is 9.47 Å². The van der Waals surface area contributed by atoms with Gasteiger partial charge in [0.05, 0.1) is 0 Å². The van der Waals surface area contributed by atoms with Crippen molar-refractivity contribution in [3.8, 4) is 0 Å². The van der Waals surface area contributed by atoms with Gasteiger partial charge in [0.1, 0.15) is 0 Å².